The number of piperidine rings is 1. The Morgan fingerprint density at radius 2 is 2.22 bits per heavy atom. The standard InChI is InChI=1S/C13H23N3O2/c1-10(8-14)16-7-5-6-11(9-16)15-12(17)18-13(2,3)4/h10-11H,5-7,9H2,1-4H3,(H,15,17)/t10-,11+/m1/s1. The number of nitriles is 1. The number of nitrogens with one attached hydrogen (secondary N) is 1. The smallest absolute Gasteiger partial charge is 0.407 e. The molecular formula is C13H23N3O2. The van der Waals surface area contributed by atoms with Gasteiger partial charge in [-0.05, 0) is 47.1 Å². The molecule has 0 saturated carbocycles. The van der Waals surface area contributed by atoms with Crippen molar-refractivity contribution < 1.29 is 9.53 Å². The molecule has 1 N–H and O–H groups in total. The van der Waals surface area contributed by atoms with Gasteiger partial charge in [-0.1, -0.05) is 0 Å². The van der Waals surface area contributed by atoms with Crippen LogP contribution in [0.3, 0.4) is 0 Å². The summed E-state index contributed by atoms with van der Waals surface area (Å²) in [7, 11) is 0. The van der Waals surface area contributed by atoms with Crippen LogP contribution in [0.25, 0.3) is 0 Å². The van der Waals surface area contributed by atoms with Gasteiger partial charge in [0.1, 0.15) is 5.60 Å². The van der Waals surface area contributed by atoms with Gasteiger partial charge in [-0.2, -0.15) is 5.26 Å². The Morgan fingerprint density at radius 1 is 1.56 bits per heavy atom. The summed E-state index contributed by atoms with van der Waals surface area (Å²) in [6, 6.07) is 2.20. The number of rotatable bonds is 2. The second-order valence-electron chi connectivity index (χ2n) is 5.79. The zero-order chi connectivity index (χ0) is 13.8. The molecule has 1 fully saturated rings. The summed E-state index contributed by atoms with van der Waals surface area (Å²) in [5.74, 6) is 0. The van der Waals surface area contributed by atoms with Crippen LogP contribution < -0.4 is 5.32 Å². The summed E-state index contributed by atoms with van der Waals surface area (Å²) in [5, 5.41) is 11.8. The average Bonchev–Trinajstić information content (AvgIpc) is 2.25. The fourth-order valence-electron chi connectivity index (χ4n) is 2.03. The number of carbonyl (C=O) groups is 1. The van der Waals surface area contributed by atoms with E-state index in [-0.39, 0.29) is 18.2 Å². The van der Waals surface area contributed by atoms with Crippen molar-refractivity contribution in [3.63, 3.8) is 0 Å². The first-order valence-electron chi connectivity index (χ1n) is 6.45. The van der Waals surface area contributed by atoms with Gasteiger partial charge in [0.05, 0.1) is 12.1 Å². The molecule has 1 amide bonds. The molecule has 102 valence electrons. The Labute approximate surface area is 109 Å². The van der Waals surface area contributed by atoms with E-state index in [0.29, 0.717) is 6.54 Å². The zero-order valence-corrected chi connectivity index (χ0v) is 11.7. The van der Waals surface area contributed by atoms with Crippen LogP contribution in [0.1, 0.15) is 40.5 Å². The van der Waals surface area contributed by atoms with E-state index in [1.165, 1.54) is 0 Å². The second kappa shape index (κ2) is 6.05. The molecule has 18 heavy (non-hydrogen) atoms. The molecule has 0 aromatic rings. The molecule has 2 atom stereocenters. The summed E-state index contributed by atoms with van der Waals surface area (Å²) >= 11 is 0. The molecule has 0 spiro atoms. The van der Waals surface area contributed by atoms with Crippen molar-refractivity contribution >= 4 is 6.09 Å². The first-order chi connectivity index (χ1) is 8.31. The van der Waals surface area contributed by atoms with Crippen LogP contribution in [0.4, 0.5) is 4.79 Å². The third-order valence-corrected chi connectivity index (χ3v) is 2.91. The van der Waals surface area contributed by atoms with E-state index in [9.17, 15) is 4.79 Å². The molecule has 5 heteroatoms. The third kappa shape index (κ3) is 4.92. The SMILES string of the molecule is C[C@H](C#N)N1CCC[C@H](NC(=O)OC(C)(C)C)C1. The van der Waals surface area contributed by atoms with E-state index in [0.717, 1.165) is 19.4 Å². The fraction of sp³-hybridized carbons (Fsp3) is 0.846. The van der Waals surface area contributed by atoms with Crippen molar-refractivity contribution in [2.24, 2.45) is 0 Å². The molecule has 1 aliphatic heterocycles. The summed E-state index contributed by atoms with van der Waals surface area (Å²) in [6.07, 6.45) is 1.55. The van der Waals surface area contributed by atoms with Gasteiger partial charge < -0.3 is 10.1 Å². The van der Waals surface area contributed by atoms with Crippen molar-refractivity contribution in [1.82, 2.24) is 10.2 Å². The van der Waals surface area contributed by atoms with E-state index in [2.05, 4.69) is 16.3 Å². The van der Waals surface area contributed by atoms with Crippen LogP contribution in [-0.4, -0.2) is 41.8 Å². The molecule has 0 aromatic carbocycles. The highest BCUT2D eigenvalue weighted by Gasteiger charge is 2.26. The molecule has 0 radical (unpaired) electrons. The van der Waals surface area contributed by atoms with Gasteiger partial charge in [0.15, 0.2) is 0 Å². The van der Waals surface area contributed by atoms with Gasteiger partial charge in [0.25, 0.3) is 0 Å². The van der Waals surface area contributed by atoms with E-state index in [4.69, 9.17) is 10.00 Å². The number of ether oxygens (including phenoxy) is 1. The van der Waals surface area contributed by atoms with Crippen molar-refractivity contribution in [3.05, 3.63) is 0 Å². The molecule has 0 aromatic heterocycles. The number of amides is 1. The number of nitrogens with zero attached hydrogens (tertiary/aromatic N) is 2. The minimum absolute atomic E-state index is 0.0735. The predicted molar refractivity (Wildman–Crippen MR) is 69.0 cm³/mol. The van der Waals surface area contributed by atoms with Crippen LogP contribution >= 0.6 is 0 Å². The minimum Gasteiger partial charge on any atom is -0.444 e. The number of hydrogen-bond donors (Lipinski definition) is 1. The molecule has 0 unspecified atom stereocenters. The lowest BCUT2D eigenvalue weighted by Gasteiger charge is -2.34. The highest BCUT2D eigenvalue weighted by Crippen LogP contribution is 2.14. The lowest BCUT2D eigenvalue weighted by molar-refractivity contribution is 0.0467. The third-order valence-electron chi connectivity index (χ3n) is 2.91. The minimum atomic E-state index is -0.474. The number of carbonyl (C=O) groups excluding carboxylic acids is 1. The predicted octanol–water partition coefficient (Wildman–Crippen LogP) is 1.89. The quantitative estimate of drug-likeness (QED) is 0.816. The first-order valence-corrected chi connectivity index (χ1v) is 6.45. The molecule has 1 heterocycles. The van der Waals surface area contributed by atoms with E-state index in [1.807, 2.05) is 27.7 Å². The Bertz CT molecular complexity index is 330. The fourth-order valence-corrected chi connectivity index (χ4v) is 2.03. The summed E-state index contributed by atoms with van der Waals surface area (Å²) in [5.41, 5.74) is -0.474. The lowest BCUT2D eigenvalue weighted by atomic mass is 10.0. The molecule has 5 nitrogen and oxygen atoms in total. The van der Waals surface area contributed by atoms with Gasteiger partial charge in [-0.3, -0.25) is 4.90 Å². The Morgan fingerprint density at radius 3 is 2.78 bits per heavy atom. The maximum atomic E-state index is 11.7. The van der Waals surface area contributed by atoms with Crippen LogP contribution in [0.2, 0.25) is 0 Å². The van der Waals surface area contributed by atoms with Crippen LogP contribution in [0.15, 0.2) is 0 Å². The zero-order valence-electron chi connectivity index (χ0n) is 11.7. The number of alkyl carbamates (subject to hydrolysis) is 1. The average molecular weight is 253 g/mol. The summed E-state index contributed by atoms with van der Waals surface area (Å²) < 4.78 is 5.23. The van der Waals surface area contributed by atoms with E-state index >= 15 is 0 Å². The maximum absolute atomic E-state index is 11.7. The van der Waals surface area contributed by atoms with E-state index < -0.39 is 5.60 Å². The molecule has 1 rings (SSSR count). The van der Waals surface area contributed by atoms with Crippen LogP contribution in [0, 0.1) is 11.3 Å². The number of likely N-dealkylation sites (tertiary alicyclic amines) is 1. The highest BCUT2D eigenvalue weighted by atomic mass is 16.6. The number of hydrogen-bond acceptors (Lipinski definition) is 4. The van der Waals surface area contributed by atoms with Gasteiger partial charge >= 0.3 is 6.09 Å². The van der Waals surface area contributed by atoms with Crippen molar-refractivity contribution in [2.75, 3.05) is 13.1 Å². The monoisotopic (exact) mass is 253 g/mol. The molecule has 1 aliphatic rings. The van der Waals surface area contributed by atoms with Gasteiger partial charge in [0.2, 0.25) is 0 Å². The summed E-state index contributed by atoms with van der Waals surface area (Å²) in [4.78, 5) is 13.7. The van der Waals surface area contributed by atoms with Gasteiger partial charge in [-0.15, -0.1) is 0 Å². The molecule has 0 bridgehead atoms. The largest absolute Gasteiger partial charge is 0.444 e. The lowest BCUT2D eigenvalue weighted by Crippen LogP contribution is -2.50. The Balaban J connectivity index is 2.43. The molecule has 1 saturated heterocycles. The normalized spacial score (nSPS) is 22.9. The van der Waals surface area contributed by atoms with Crippen molar-refractivity contribution in [3.8, 4) is 6.07 Å². The maximum Gasteiger partial charge on any atom is 0.407 e. The first kappa shape index (κ1) is 14.8. The Kier molecular flexibility index (Phi) is 4.97. The highest BCUT2D eigenvalue weighted by molar-refractivity contribution is 5.68. The second-order valence-corrected chi connectivity index (χ2v) is 5.79. The van der Waals surface area contributed by atoms with Gasteiger partial charge in [-0.25, -0.2) is 4.79 Å². The van der Waals surface area contributed by atoms with Crippen LogP contribution in [0.5, 0.6) is 0 Å². The van der Waals surface area contributed by atoms with Crippen molar-refractivity contribution in [1.29, 1.82) is 5.26 Å². The molecule has 0 aliphatic carbocycles. The van der Waals surface area contributed by atoms with Crippen molar-refractivity contribution in [2.45, 2.75) is 58.2 Å². The van der Waals surface area contributed by atoms with Crippen LogP contribution in [-0.2, 0) is 4.74 Å². The molecular weight excluding hydrogens is 230 g/mol. The topological polar surface area (TPSA) is 65.4 Å². The summed E-state index contributed by atoms with van der Waals surface area (Å²) in [6.45, 7) is 9.05. The Hall–Kier alpha value is -1.28. The van der Waals surface area contributed by atoms with E-state index in [1.54, 1.807) is 0 Å². The van der Waals surface area contributed by atoms with Gasteiger partial charge in [0, 0.05) is 12.6 Å².